The van der Waals surface area contributed by atoms with Crippen LogP contribution < -0.4 is 14.8 Å². The largest absolute Gasteiger partial charge is 0.497 e. The van der Waals surface area contributed by atoms with Gasteiger partial charge in [0.25, 0.3) is 5.91 Å². The van der Waals surface area contributed by atoms with Crippen molar-refractivity contribution >= 4 is 17.5 Å². The zero-order chi connectivity index (χ0) is 25.1. The van der Waals surface area contributed by atoms with E-state index in [4.69, 9.17) is 9.47 Å². The van der Waals surface area contributed by atoms with E-state index in [9.17, 15) is 9.59 Å². The number of aryl methyl sites for hydroxylation is 1. The van der Waals surface area contributed by atoms with E-state index in [1.807, 2.05) is 54.3 Å². The van der Waals surface area contributed by atoms with Gasteiger partial charge in [-0.05, 0) is 72.7 Å². The van der Waals surface area contributed by atoms with Gasteiger partial charge in [0, 0.05) is 11.3 Å². The van der Waals surface area contributed by atoms with Gasteiger partial charge < -0.3 is 19.7 Å². The molecule has 186 valence electrons. The van der Waals surface area contributed by atoms with Crippen molar-refractivity contribution in [1.82, 2.24) is 4.90 Å². The summed E-state index contributed by atoms with van der Waals surface area (Å²) >= 11 is 0. The Kier molecular flexibility index (Phi) is 6.94. The topological polar surface area (TPSA) is 67.9 Å². The number of rotatable bonds is 6. The Morgan fingerprint density at radius 1 is 1.08 bits per heavy atom. The lowest BCUT2D eigenvalue weighted by atomic mass is 9.86. The van der Waals surface area contributed by atoms with Gasteiger partial charge in [0.05, 0.1) is 26.1 Å². The molecule has 0 saturated heterocycles. The number of benzene rings is 3. The Labute approximate surface area is 212 Å². The molecule has 1 N–H and O–H groups in total. The first-order valence-corrected chi connectivity index (χ1v) is 12.7. The van der Waals surface area contributed by atoms with Crippen molar-refractivity contribution in [3.63, 3.8) is 0 Å². The average molecular weight is 485 g/mol. The molecule has 5 rings (SSSR count). The van der Waals surface area contributed by atoms with Crippen LogP contribution in [0.15, 0.2) is 66.7 Å². The normalized spacial score (nSPS) is 18.9. The van der Waals surface area contributed by atoms with Crippen LogP contribution in [0.25, 0.3) is 0 Å². The van der Waals surface area contributed by atoms with Gasteiger partial charge >= 0.3 is 0 Å². The minimum absolute atomic E-state index is 0.0272. The molecule has 3 aromatic rings. The fourth-order valence-corrected chi connectivity index (χ4v) is 5.25. The second-order valence-corrected chi connectivity index (χ2v) is 9.48. The number of methoxy groups -OCH3 is 1. The fourth-order valence-electron chi connectivity index (χ4n) is 5.25. The summed E-state index contributed by atoms with van der Waals surface area (Å²) in [6.45, 7) is 2.43. The van der Waals surface area contributed by atoms with Crippen LogP contribution in [-0.2, 0) is 29.0 Å². The van der Waals surface area contributed by atoms with E-state index in [1.54, 1.807) is 7.11 Å². The lowest BCUT2D eigenvalue weighted by molar-refractivity contribution is -0.141. The minimum atomic E-state index is -0.518. The molecular formula is C30H32N2O4. The number of carbonyl (C=O) groups is 2. The van der Waals surface area contributed by atoms with Crippen molar-refractivity contribution in [1.29, 1.82) is 0 Å². The Balaban J connectivity index is 1.38. The number of ether oxygens (including phenoxy) is 2. The van der Waals surface area contributed by atoms with E-state index in [0.29, 0.717) is 24.4 Å². The van der Waals surface area contributed by atoms with E-state index in [2.05, 4.69) is 29.6 Å². The summed E-state index contributed by atoms with van der Waals surface area (Å²) in [4.78, 5) is 28.3. The van der Waals surface area contributed by atoms with Gasteiger partial charge in [0.15, 0.2) is 6.10 Å². The number of anilines is 1. The molecule has 0 aromatic heterocycles. The Bertz CT molecular complexity index is 1250. The molecule has 6 heteroatoms. The molecule has 0 radical (unpaired) electrons. The Hall–Kier alpha value is -3.80. The van der Waals surface area contributed by atoms with Gasteiger partial charge in [-0.1, -0.05) is 43.3 Å². The maximum absolute atomic E-state index is 13.6. The van der Waals surface area contributed by atoms with Crippen molar-refractivity contribution in [2.75, 3.05) is 12.4 Å². The average Bonchev–Trinajstić information content (AvgIpc) is 3.04. The van der Waals surface area contributed by atoms with Crippen molar-refractivity contribution in [2.24, 2.45) is 0 Å². The number of hydrogen-bond acceptors (Lipinski definition) is 4. The van der Waals surface area contributed by atoms with Gasteiger partial charge in [-0.3, -0.25) is 9.59 Å². The maximum Gasteiger partial charge on any atom is 0.264 e. The summed E-state index contributed by atoms with van der Waals surface area (Å²) in [7, 11) is 1.62. The van der Waals surface area contributed by atoms with Crippen molar-refractivity contribution in [2.45, 2.75) is 57.7 Å². The first-order chi connectivity index (χ1) is 17.6. The summed E-state index contributed by atoms with van der Waals surface area (Å²) in [5.41, 5.74) is 5.07. The third-order valence-corrected chi connectivity index (χ3v) is 7.12. The zero-order valence-electron chi connectivity index (χ0n) is 20.8. The summed E-state index contributed by atoms with van der Waals surface area (Å²) < 4.78 is 11.4. The van der Waals surface area contributed by atoms with Gasteiger partial charge in [-0.15, -0.1) is 0 Å². The SMILES string of the molecule is CC[C@@H]1Oc2ccc(NC(=O)Cc3ccc(OC)cc3)cc2CN([C@@H]2CCCc3ccccc32)C1=O. The molecular weight excluding hydrogens is 452 g/mol. The maximum atomic E-state index is 13.6. The second kappa shape index (κ2) is 10.4. The quantitative estimate of drug-likeness (QED) is 0.505. The molecule has 6 nitrogen and oxygen atoms in total. The van der Waals surface area contributed by atoms with Gasteiger partial charge in [-0.2, -0.15) is 0 Å². The number of nitrogens with zero attached hydrogens (tertiary/aromatic N) is 1. The van der Waals surface area contributed by atoms with Crippen LogP contribution in [0.5, 0.6) is 11.5 Å². The molecule has 0 unspecified atom stereocenters. The van der Waals surface area contributed by atoms with E-state index in [-0.39, 0.29) is 24.3 Å². The van der Waals surface area contributed by atoms with Crippen LogP contribution in [0.3, 0.4) is 0 Å². The van der Waals surface area contributed by atoms with Crippen molar-refractivity contribution < 1.29 is 19.1 Å². The molecule has 2 aliphatic rings. The summed E-state index contributed by atoms with van der Waals surface area (Å²) in [5.74, 6) is 1.39. The van der Waals surface area contributed by atoms with Crippen LogP contribution in [-0.4, -0.2) is 29.9 Å². The highest BCUT2D eigenvalue weighted by atomic mass is 16.5. The lowest BCUT2D eigenvalue weighted by Crippen LogP contribution is -2.42. The van der Waals surface area contributed by atoms with Crippen molar-refractivity contribution in [3.05, 3.63) is 89.0 Å². The highest BCUT2D eigenvalue weighted by Crippen LogP contribution is 2.39. The molecule has 0 spiro atoms. The molecule has 1 aliphatic heterocycles. The summed E-state index contributed by atoms with van der Waals surface area (Å²) in [5, 5.41) is 3.01. The van der Waals surface area contributed by atoms with Crippen LogP contribution >= 0.6 is 0 Å². The predicted molar refractivity (Wildman–Crippen MR) is 139 cm³/mol. The molecule has 0 bridgehead atoms. The fraction of sp³-hybridized carbons (Fsp3) is 0.333. The highest BCUT2D eigenvalue weighted by Gasteiger charge is 2.36. The van der Waals surface area contributed by atoms with Crippen molar-refractivity contribution in [3.8, 4) is 11.5 Å². The molecule has 1 aliphatic carbocycles. The molecule has 0 saturated carbocycles. The van der Waals surface area contributed by atoms with Crippen LogP contribution in [0.2, 0.25) is 0 Å². The van der Waals surface area contributed by atoms with Gasteiger partial charge in [0.1, 0.15) is 11.5 Å². The third kappa shape index (κ3) is 4.94. The molecule has 2 atom stereocenters. The molecule has 2 amide bonds. The van der Waals surface area contributed by atoms with E-state index >= 15 is 0 Å². The minimum Gasteiger partial charge on any atom is -0.497 e. The highest BCUT2D eigenvalue weighted by molar-refractivity contribution is 5.92. The number of hydrogen-bond donors (Lipinski definition) is 1. The van der Waals surface area contributed by atoms with Crippen LogP contribution in [0.1, 0.15) is 54.5 Å². The third-order valence-electron chi connectivity index (χ3n) is 7.12. The van der Waals surface area contributed by atoms with Crippen LogP contribution in [0, 0.1) is 0 Å². The molecule has 36 heavy (non-hydrogen) atoms. The molecule has 1 heterocycles. The van der Waals surface area contributed by atoms with E-state index < -0.39 is 6.10 Å². The Morgan fingerprint density at radius 2 is 1.89 bits per heavy atom. The first-order valence-electron chi connectivity index (χ1n) is 12.7. The second-order valence-electron chi connectivity index (χ2n) is 9.48. The van der Waals surface area contributed by atoms with Gasteiger partial charge in [-0.25, -0.2) is 0 Å². The standard InChI is InChI=1S/C30H32N2O4/c1-3-27-30(34)32(26-10-6-8-21-7-4-5-9-25(21)26)19-22-18-23(13-16-28(22)36-27)31-29(33)17-20-11-14-24(35-2)15-12-20/h4-5,7,9,11-16,18,26-27H,3,6,8,10,17,19H2,1-2H3,(H,31,33)/t26-,27+/m1/s1. The number of fused-ring (bicyclic) bond motifs is 2. The number of nitrogens with one attached hydrogen (secondary N) is 1. The monoisotopic (exact) mass is 484 g/mol. The van der Waals surface area contributed by atoms with Crippen LogP contribution in [0.4, 0.5) is 5.69 Å². The summed E-state index contributed by atoms with van der Waals surface area (Å²) in [6.07, 6.45) is 3.38. The van der Waals surface area contributed by atoms with Gasteiger partial charge in [0.2, 0.25) is 5.91 Å². The predicted octanol–water partition coefficient (Wildman–Crippen LogP) is 5.45. The van der Waals surface area contributed by atoms with E-state index in [0.717, 1.165) is 36.1 Å². The smallest absolute Gasteiger partial charge is 0.264 e. The first kappa shape index (κ1) is 23.9. The molecule has 3 aromatic carbocycles. The zero-order valence-corrected chi connectivity index (χ0v) is 20.8. The number of amides is 2. The summed E-state index contributed by atoms with van der Waals surface area (Å²) in [6, 6.07) is 21.6. The number of carbonyl (C=O) groups excluding carboxylic acids is 2. The van der Waals surface area contributed by atoms with E-state index in [1.165, 1.54) is 11.1 Å². The lowest BCUT2D eigenvalue weighted by Gasteiger charge is -2.36. The Morgan fingerprint density at radius 3 is 2.67 bits per heavy atom. The molecule has 0 fully saturated rings.